The summed E-state index contributed by atoms with van der Waals surface area (Å²) in [6.07, 6.45) is 0.691. The van der Waals surface area contributed by atoms with Crippen LogP contribution in [0.25, 0.3) is 0 Å². The van der Waals surface area contributed by atoms with E-state index in [-0.39, 0.29) is 34.8 Å². The van der Waals surface area contributed by atoms with E-state index in [1.807, 2.05) is 45.0 Å². The minimum absolute atomic E-state index is 0.0563. The first-order chi connectivity index (χ1) is 20.3. The second-order valence-corrected chi connectivity index (χ2v) is 12.3. The normalized spacial score (nSPS) is 12.6. The van der Waals surface area contributed by atoms with Crippen LogP contribution in [0.5, 0.6) is 5.75 Å². The number of carbonyl (C=O) groups is 2. The summed E-state index contributed by atoms with van der Waals surface area (Å²) < 4.78 is 34.2. The molecule has 0 unspecified atom stereocenters. The zero-order chi connectivity index (χ0) is 31.9. The Hall–Kier alpha value is -4.45. The standard InChI is InChI=1S/C31H38N4O7S/c1-7-23(4)32-31(37)24(5)33(19-25-11-8-21(2)9-12-25)30(36)20-34(26-13-15-27(42-6)16-14-26)43(40,41)28-17-10-22(3)29(18-28)35(38)39/h8-18,23-24H,7,19-20H2,1-6H3,(H,32,37)/t23-,24+/m0/s1. The van der Waals surface area contributed by atoms with E-state index in [9.17, 15) is 28.1 Å². The second-order valence-electron chi connectivity index (χ2n) is 10.4. The molecule has 0 saturated carbocycles. The Labute approximate surface area is 252 Å². The summed E-state index contributed by atoms with van der Waals surface area (Å²) in [4.78, 5) is 39.1. The number of nitrogens with one attached hydrogen (secondary N) is 1. The third-order valence-corrected chi connectivity index (χ3v) is 9.02. The van der Waals surface area contributed by atoms with E-state index < -0.39 is 33.4 Å². The molecule has 12 heteroatoms. The van der Waals surface area contributed by atoms with Gasteiger partial charge < -0.3 is 15.0 Å². The molecule has 0 fully saturated rings. The molecular formula is C31H38N4O7S. The Kier molecular flexibility index (Phi) is 10.9. The first kappa shape index (κ1) is 33.1. The summed E-state index contributed by atoms with van der Waals surface area (Å²) in [6, 6.07) is 16.1. The molecule has 0 saturated heterocycles. The van der Waals surface area contributed by atoms with Crippen LogP contribution in [0.2, 0.25) is 0 Å². The number of hydrogen-bond donors (Lipinski definition) is 1. The van der Waals surface area contributed by atoms with E-state index in [1.165, 1.54) is 43.2 Å². The van der Waals surface area contributed by atoms with Crippen molar-refractivity contribution in [2.75, 3.05) is 18.0 Å². The van der Waals surface area contributed by atoms with Crippen molar-refractivity contribution < 1.29 is 27.7 Å². The van der Waals surface area contributed by atoms with Crippen molar-refractivity contribution in [3.8, 4) is 5.75 Å². The van der Waals surface area contributed by atoms with Crippen molar-refractivity contribution in [2.45, 2.75) is 64.6 Å². The molecule has 43 heavy (non-hydrogen) atoms. The van der Waals surface area contributed by atoms with Crippen molar-refractivity contribution in [3.05, 3.63) is 93.5 Å². The zero-order valence-corrected chi connectivity index (χ0v) is 26.1. The number of nitro benzene ring substituents is 1. The number of nitro groups is 1. The predicted molar refractivity (Wildman–Crippen MR) is 164 cm³/mol. The molecule has 3 aromatic carbocycles. The molecule has 0 radical (unpaired) electrons. The van der Waals surface area contributed by atoms with Gasteiger partial charge >= 0.3 is 0 Å². The molecule has 230 valence electrons. The fraction of sp³-hybridized carbons (Fsp3) is 0.355. The largest absolute Gasteiger partial charge is 0.497 e. The van der Waals surface area contributed by atoms with Gasteiger partial charge in [0.25, 0.3) is 15.7 Å². The minimum Gasteiger partial charge on any atom is -0.497 e. The maximum atomic E-state index is 14.0. The smallest absolute Gasteiger partial charge is 0.273 e. The number of benzene rings is 3. The molecule has 2 atom stereocenters. The lowest BCUT2D eigenvalue weighted by Crippen LogP contribution is -2.52. The maximum absolute atomic E-state index is 14.0. The Morgan fingerprint density at radius 3 is 2.19 bits per heavy atom. The molecule has 1 N–H and O–H groups in total. The van der Waals surface area contributed by atoms with Crippen LogP contribution in [0.1, 0.15) is 43.9 Å². The van der Waals surface area contributed by atoms with Crippen LogP contribution in [0.4, 0.5) is 11.4 Å². The lowest BCUT2D eigenvalue weighted by molar-refractivity contribution is -0.385. The van der Waals surface area contributed by atoms with Crippen molar-refractivity contribution in [2.24, 2.45) is 0 Å². The van der Waals surface area contributed by atoms with Crippen LogP contribution in [0.3, 0.4) is 0 Å². The van der Waals surface area contributed by atoms with E-state index in [0.717, 1.165) is 21.5 Å². The fourth-order valence-corrected chi connectivity index (χ4v) is 5.72. The Balaban J connectivity index is 2.08. The molecule has 0 spiro atoms. The molecule has 3 aromatic rings. The first-order valence-corrected chi connectivity index (χ1v) is 15.3. The molecule has 2 amide bonds. The highest BCUT2D eigenvalue weighted by atomic mass is 32.2. The van der Waals surface area contributed by atoms with E-state index >= 15 is 0 Å². The summed E-state index contributed by atoms with van der Waals surface area (Å²) in [5.41, 5.74) is 1.85. The number of rotatable bonds is 13. The third-order valence-electron chi connectivity index (χ3n) is 7.25. The number of methoxy groups -OCH3 is 1. The van der Waals surface area contributed by atoms with Crippen molar-refractivity contribution in [1.82, 2.24) is 10.2 Å². The van der Waals surface area contributed by atoms with Crippen LogP contribution < -0.4 is 14.4 Å². The number of aryl methyl sites for hydroxylation is 2. The lowest BCUT2D eigenvalue weighted by atomic mass is 10.1. The van der Waals surface area contributed by atoms with Gasteiger partial charge in [0.2, 0.25) is 11.8 Å². The number of sulfonamides is 1. The summed E-state index contributed by atoms with van der Waals surface area (Å²) in [7, 11) is -3.02. The molecule has 0 aliphatic carbocycles. The topological polar surface area (TPSA) is 139 Å². The van der Waals surface area contributed by atoms with Crippen LogP contribution in [0, 0.1) is 24.0 Å². The third kappa shape index (κ3) is 8.10. The van der Waals surface area contributed by atoms with E-state index in [2.05, 4.69) is 5.32 Å². The number of ether oxygens (including phenoxy) is 1. The van der Waals surface area contributed by atoms with E-state index in [4.69, 9.17) is 4.74 Å². The van der Waals surface area contributed by atoms with Gasteiger partial charge in [0, 0.05) is 24.2 Å². The maximum Gasteiger partial charge on any atom is 0.273 e. The van der Waals surface area contributed by atoms with Crippen molar-refractivity contribution >= 4 is 33.2 Å². The number of carbonyl (C=O) groups excluding carboxylic acids is 2. The highest BCUT2D eigenvalue weighted by Gasteiger charge is 2.33. The number of nitrogens with zero attached hydrogens (tertiary/aromatic N) is 3. The Morgan fingerprint density at radius 2 is 1.63 bits per heavy atom. The van der Waals surface area contributed by atoms with Crippen LogP contribution in [-0.4, -0.2) is 55.8 Å². The van der Waals surface area contributed by atoms with Crippen LogP contribution in [0.15, 0.2) is 71.6 Å². The molecule has 0 heterocycles. The Morgan fingerprint density at radius 1 is 1.00 bits per heavy atom. The molecule has 3 rings (SSSR count). The molecule has 0 aliphatic heterocycles. The average Bonchev–Trinajstić information content (AvgIpc) is 2.98. The summed E-state index contributed by atoms with van der Waals surface area (Å²) in [6.45, 7) is 8.21. The summed E-state index contributed by atoms with van der Waals surface area (Å²) in [5.74, 6) is -0.536. The molecule has 0 bridgehead atoms. The number of anilines is 1. The highest BCUT2D eigenvalue weighted by Crippen LogP contribution is 2.29. The van der Waals surface area contributed by atoms with E-state index in [1.54, 1.807) is 19.1 Å². The monoisotopic (exact) mass is 610 g/mol. The summed E-state index contributed by atoms with van der Waals surface area (Å²) >= 11 is 0. The first-order valence-electron chi connectivity index (χ1n) is 13.9. The molecule has 11 nitrogen and oxygen atoms in total. The van der Waals surface area contributed by atoms with Gasteiger partial charge in [0.15, 0.2) is 0 Å². The lowest BCUT2D eigenvalue weighted by Gasteiger charge is -2.32. The summed E-state index contributed by atoms with van der Waals surface area (Å²) in [5, 5.41) is 14.5. The van der Waals surface area contributed by atoms with Crippen LogP contribution >= 0.6 is 0 Å². The van der Waals surface area contributed by atoms with Gasteiger partial charge in [-0.2, -0.15) is 0 Å². The van der Waals surface area contributed by atoms with Gasteiger partial charge in [-0.3, -0.25) is 24.0 Å². The van der Waals surface area contributed by atoms with Crippen molar-refractivity contribution in [3.63, 3.8) is 0 Å². The molecule has 0 aromatic heterocycles. The van der Waals surface area contributed by atoms with Gasteiger partial charge in [-0.1, -0.05) is 42.8 Å². The Bertz CT molecular complexity index is 1560. The van der Waals surface area contributed by atoms with Crippen molar-refractivity contribution in [1.29, 1.82) is 0 Å². The van der Waals surface area contributed by atoms with Gasteiger partial charge in [0.05, 0.1) is 22.6 Å². The van der Waals surface area contributed by atoms with Gasteiger partial charge in [-0.25, -0.2) is 8.42 Å². The highest BCUT2D eigenvalue weighted by molar-refractivity contribution is 7.92. The van der Waals surface area contributed by atoms with Gasteiger partial charge in [-0.15, -0.1) is 0 Å². The predicted octanol–water partition coefficient (Wildman–Crippen LogP) is 4.75. The van der Waals surface area contributed by atoms with Gasteiger partial charge in [-0.05, 0) is 70.0 Å². The molecule has 0 aliphatic rings. The quantitative estimate of drug-likeness (QED) is 0.218. The average molecular weight is 611 g/mol. The number of amides is 2. The zero-order valence-electron chi connectivity index (χ0n) is 25.2. The fourth-order valence-electron chi connectivity index (χ4n) is 4.29. The second kappa shape index (κ2) is 14.1. The minimum atomic E-state index is -4.48. The van der Waals surface area contributed by atoms with Gasteiger partial charge in [0.1, 0.15) is 18.3 Å². The number of hydrogen-bond acceptors (Lipinski definition) is 7. The molecular weight excluding hydrogens is 572 g/mol. The van der Waals surface area contributed by atoms with E-state index in [0.29, 0.717) is 17.7 Å². The SMILES string of the molecule is CC[C@H](C)NC(=O)[C@@H](C)N(Cc1ccc(C)cc1)C(=O)CN(c1ccc(OC)cc1)S(=O)(=O)c1ccc(C)c([N+](=O)[O-])c1. The van der Waals surface area contributed by atoms with Crippen LogP contribution in [-0.2, 0) is 26.2 Å².